The quantitative estimate of drug-likeness (QED) is 0.804. The van der Waals surface area contributed by atoms with Gasteiger partial charge in [0.15, 0.2) is 0 Å². The highest BCUT2D eigenvalue weighted by molar-refractivity contribution is 5.76. The monoisotopic (exact) mass is 297 g/mol. The molecule has 4 heteroatoms. The molecule has 0 amide bonds. The Morgan fingerprint density at radius 1 is 1.14 bits per heavy atom. The predicted molar refractivity (Wildman–Crippen MR) is 85.2 cm³/mol. The Kier molecular flexibility index (Phi) is 2.86. The third-order valence-electron chi connectivity index (χ3n) is 5.86. The number of imidazole rings is 1. The van der Waals surface area contributed by atoms with E-state index < -0.39 is 0 Å². The zero-order chi connectivity index (χ0) is 14.7. The van der Waals surface area contributed by atoms with Gasteiger partial charge in [0.1, 0.15) is 11.9 Å². The second-order valence-corrected chi connectivity index (χ2v) is 7.17. The van der Waals surface area contributed by atoms with Crippen molar-refractivity contribution in [3.05, 3.63) is 30.1 Å². The van der Waals surface area contributed by atoms with Crippen molar-refractivity contribution in [2.45, 2.75) is 63.8 Å². The first-order chi connectivity index (χ1) is 10.8. The van der Waals surface area contributed by atoms with Crippen molar-refractivity contribution in [2.75, 3.05) is 0 Å². The summed E-state index contributed by atoms with van der Waals surface area (Å²) in [5, 5.41) is 2.33. The van der Waals surface area contributed by atoms with Gasteiger partial charge in [-0.1, -0.05) is 38.3 Å². The molecule has 3 atom stereocenters. The van der Waals surface area contributed by atoms with E-state index in [9.17, 15) is 0 Å². The summed E-state index contributed by atoms with van der Waals surface area (Å²) >= 11 is 0. The molecule has 1 aromatic heterocycles. The first-order valence-corrected chi connectivity index (χ1v) is 8.73. The van der Waals surface area contributed by atoms with Crippen LogP contribution in [-0.2, 0) is 11.4 Å². The van der Waals surface area contributed by atoms with Crippen molar-refractivity contribution in [3.8, 4) is 0 Å². The van der Waals surface area contributed by atoms with E-state index >= 15 is 0 Å². The number of hydroxylamine groups is 2. The second kappa shape index (κ2) is 4.80. The molecule has 1 saturated heterocycles. The number of hydrogen-bond donors (Lipinski definition) is 0. The van der Waals surface area contributed by atoms with E-state index in [-0.39, 0.29) is 0 Å². The minimum Gasteiger partial charge on any atom is -0.324 e. The largest absolute Gasteiger partial charge is 0.324 e. The van der Waals surface area contributed by atoms with Gasteiger partial charge in [0.25, 0.3) is 0 Å². The topological polar surface area (TPSA) is 30.3 Å². The summed E-state index contributed by atoms with van der Waals surface area (Å²) < 4.78 is 2.40. The third kappa shape index (κ3) is 1.74. The van der Waals surface area contributed by atoms with E-state index in [0.717, 1.165) is 12.1 Å². The minimum absolute atomic E-state index is 0.303. The highest BCUT2D eigenvalue weighted by Crippen LogP contribution is 2.47. The van der Waals surface area contributed by atoms with Gasteiger partial charge in [0.2, 0.25) is 0 Å². The second-order valence-electron chi connectivity index (χ2n) is 7.17. The van der Waals surface area contributed by atoms with E-state index in [1.165, 1.54) is 43.4 Å². The Morgan fingerprint density at radius 2 is 1.95 bits per heavy atom. The van der Waals surface area contributed by atoms with Crippen LogP contribution in [-0.4, -0.2) is 26.8 Å². The molecule has 4 nitrogen and oxygen atoms in total. The number of aromatic nitrogens is 2. The van der Waals surface area contributed by atoms with E-state index in [0.29, 0.717) is 24.1 Å². The van der Waals surface area contributed by atoms with E-state index in [1.807, 2.05) is 0 Å². The molecule has 0 unspecified atom stereocenters. The van der Waals surface area contributed by atoms with Crippen LogP contribution in [0.2, 0.25) is 0 Å². The van der Waals surface area contributed by atoms with Gasteiger partial charge in [-0.05, 0) is 25.0 Å². The molecule has 0 N–H and O–H groups in total. The molecule has 5 rings (SSSR count). The fraction of sp³-hybridized carbons (Fsp3) is 0.611. The number of para-hydroxylation sites is 2. The zero-order valence-electron chi connectivity index (χ0n) is 13.1. The SMILES string of the molecule is C[C@H]1[C@H]2c3nc4ccccc4n3C[C@H]1ON2C1CCCCC1. The van der Waals surface area contributed by atoms with Gasteiger partial charge in [0, 0.05) is 12.0 Å². The lowest BCUT2D eigenvalue weighted by Gasteiger charge is -2.34. The summed E-state index contributed by atoms with van der Waals surface area (Å²) in [5.74, 6) is 1.75. The maximum atomic E-state index is 6.40. The Labute approximate surface area is 131 Å². The highest BCUT2D eigenvalue weighted by atomic mass is 16.7. The smallest absolute Gasteiger partial charge is 0.130 e. The molecular formula is C18H23N3O. The van der Waals surface area contributed by atoms with Gasteiger partial charge in [-0.3, -0.25) is 4.84 Å². The van der Waals surface area contributed by atoms with Crippen LogP contribution in [0.1, 0.15) is 50.9 Å². The Bertz CT molecular complexity index is 703. The van der Waals surface area contributed by atoms with Gasteiger partial charge in [-0.2, -0.15) is 5.06 Å². The molecule has 1 aromatic carbocycles. The first kappa shape index (κ1) is 13.1. The molecule has 2 aromatic rings. The summed E-state index contributed by atoms with van der Waals surface area (Å²) in [5.41, 5.74) is 2.38. The van der Waals surface area contributed by atoms with Crippen molar-refractivity contribution in [1.82, 2.24) is 14.6 Å². The lowest BCUT2D eigenvalue weighted by Crippen LogP contribution is -2.37. The van der Waals surface area contributed by atoms with Crippen LogP contribution in [0.4, 0.5) is 0 Å². The predicted octanol–water partition coefficient (Wildman–Crippen LogP) is 3.68. The van der Waals surface area contributed by atoms with E-state index in [1.54, 1.807) is 0 Å². The summed E-state index contributed by atoms with van der Waals surface area (Å²) in [6.45, 7) is 3.28. The van der Waals surface area contributed by atoms with Crippen LogP contribution >= 0.6 is 0 Å². The third-order valence-corrected chi connectivity index (χ3v) is 5.86. The summed E-state index contributed by atoms with van der Waals surface area (Å²) in [7, 11) is 0. The maximum Gasteiger partial charge on any atom is 0.130 e. The van der Waals surface area contributed by atoms with Gasteiger partial charge >= 0.3 is 0 Å². The Morgan fingerprint density at radius 3 is 2.82 bits per heavy atom. The molecular weight excluding hydrogens is 274 g/mol. The van der Waals surface area contributed by atoms with Crippen LogP contribution in [0, 0.1) is 5.92 Å². The van der Waals surface area contributed by atoms with Gasteiger partial charge in [-0.15, -0.1) is 0 Å². The van der Waals surface area contributed by atoms with Crippen molar-refractivity contribution >= 4 is 11.0 Å². The molecule has 116 valence electrons. The number of fused-ring (bicyclic) bond motifs is 6. The molecule has 22 heavy (non-hydrogen) atoms. The van der Waals surface area contributed by atoms with Crippen molar-refractivity contribution in [2.24, 2.45) is 5.92 Å². The number of nitrogens with zero attached hydrogens (tertiary/aromatic N) is 3. The molecule has 3 heterocycles. The van der Waals surface area contributed by atoms with Crippen LogP contribution in [0.3, 0.4) is 0 Å². The molecule has 1 aliphatic carbocycles. The van der Waals surface area contributed by atoms with Crippen LogP contribution in [0.15, 0.2) is 24.3 Å². The van der Waals surface area contributed by atoms with E-state index in [4.69, 9.17) is 9.82 Å². The average molecular weight is 297 g/mol. The van der Waals surface area contributed by atoms with Crippen molar-refractivity contribution < 1.29 is 4.84 Å². The zero-order valence-corrected chi connectivity index (χ0v) is 13.1. The summed E-state index contributed by atoms with van der Waals surface area (Å²) in [6.07, 6.45) is 6.91. The van der Waals surface area contributed by atoms with Crippen molar-refractivity contribution in [3.63, 3.8) is 0 Å². The standard InChI is InChI=1S/C18H23N3O/c1-12-16-11-20-15-10-6-5-9-14(15)19-18(20)17(12)21(22-16)13-7-3-2-4-8-13/h5-6,9-10,12-13,16-17H,2-4,7-8,11H2,1H3/t12-,16-,17+/m1/s1. The maximum absolute atomic E-state index is 6.40. The highest BCUT2D eigenvalue weighted by Gasteiger charge is 2.50. The molecule has 0 radical (unpaired) electrons. The van der Waals surface area contributed by atoms with E-state index in [2.05, 4.69) is 40.8 Å². The number of hydrogen-bond acceptors (Lipinski definition) is 3. The summed E-state index contributed by atoms with van der Waals surface area (Å²) in [4.78, 5) is 11.4. The van der Waals surface area contributed by atoms with Crippen LogP contribution in [0.25, 0.3) is 11.0 Å². The Balaban J connectivity index is 1.60. The van der Waals surface area contributed by atoms with Gasteiger partial charge in [-0.25, -0.2) is 4.98 Å². The summed E-state index contributed by atoms with van der Waals surface area (Å²) in [6, 6.07) is 9.42. The molecule has 3 aliphatic rings. The first-order valence-electron chi connectivity index (χ1n) is 8.73. The van der Waals surface area contributed by atoms with Crippen LogP contribution < -0.4 is 0 Å². The number of rotatable bonds is 1. The molecule has 0 spiro atoms. The minimum atomic E-state index is 0.303. The van der Waals surface area contributed by atoms with Gasteiger partial charge in [0.05, 0.1) is 23.6 Å². The van der Waals surface area contributed by atoms with Crippen molar-refractivity contribution in [1.29, 1.82) is 0 Å². The molecule has 2 bridgehead atoms. The molecule has 2 fully saturated rings. The fourth-order valence-corrected chi connectivity index (χ4v) is 4.64. The average Bonchev–Trinajstić information content (AvgIpc) is 3.02. The number of benzene rings is 1. The lowest BCUT2D eigenvalue weighted by atomic mass is 9.90. The van der Waals surface area contributed by atoms with Gasteiger partial charge < -0.3 is 4.57 Å². The van der Waals surface area contributed by atoms with Crippen LogP contribution in [0.5, 0.6) is 0 Å². The fourth-order valence-electron chi connectivity index (χ4n) is 4.64. The normalized spacial score (nSPS) is 32.5. The lowest BCUT2D eigenvalue weighted by molar-refractivity contribution is -0.193. The Hall–Kier alpha value is -1.39. The molecule has 1 saturated carbocycles. The molecule has 2 aliphatic heterocycles.